The minimum Gasteiger partial charge on any atom is -0.309 e. The van der Waals surface area contributed by atoms with Crippen LogP contribution in [0.4, 0.5) is 0 Å². The molecule has 1 atom stereocenters. The first-order valence-corrected chi connectivity index (χ1v) is 19.1. The molecule has 1 unspecified atom stereocenters. The standard InChI is InChI=1S/C53H34N2/c1-3-15-39(16-4-1)54-49-22-12-11-20-42(49)47-32-52-48(33-51(47)54)46-31-37(26-28-50(46)55(52)40-17-5-2-6-18-40)36-25-27-44-45(30-36)41-19-9-10-21-43(41)53(44)38-24-23-34-13-7-8-14-35(34)29-38/h1-33,53H. The van der Waals surface area contributed by atoms with Gasteiger partial charge >= 0.3 is 0 Å². The molecule has 55 heavy (non-hydrogen) atoms. The van der Waals surface area contributed by atoms with E-state index in [0.717, 1.165) is 5.69 Å². The van der Waals surface area contributed by atoms with E-state index in [-0.39, 0.29) is 5.92 Å². The highest BCUT2D eigenvalue weighted by Gasteiger charge is 2.30. The number of fused-ring (bicyclic) bond motifs is 10. The fourth-order valence-electron chi connectivity index (χ4n) is 9.50. The van der Waals surface area contributed by atoms with Crippen molar-refractivity contribution in [2.75, 3.05) is 0 Å². The lowest BCUT2D eigenvalue weighted by molar-refractivity contribution is 1.02. The molecule has 12 rings (SSSR count). The molecule has 0 bridgehead atoms. The van der Waals surface area contributed by atoms with Gasteiger partial charge in [0.1, 0.15) is 0 Å². The van der Waals surface area contributed by atoms with E-state index < -0.39 is 0 Å². The number of para-hydroxylation sites is 3. The molecule has 2 heterocycles. The third-order valence-electron chi connectivity index (χ3n) is 12.0. The third-order valence-corrected chi connectivity index (χ3v) is 12.0. The largest absolute Gasteiger partial charge is 0.309 e. The van der Waals surface area contributed by atoms with E-state index in [9.17, 15) is 0 Å². The van der Waals surface area contributed by atoms with Gasteiger partial charge < -0.3 is 9.13 Å². The van der Waals surface area contributed by atoms with Crippen LogP contribution < -0.4 is 0 Å². The summed E-state index contributed by atoms with van der Waals surface area (Å²) in [7, 11) is 0. The fourth-order valence-corrected chi connectivity index (χ4v) is 9.50. The number of benzene rings is 9. The number of rotatable bonds is 4. The van der Waals surface area contributed by atoms with Crippen LogP contribution in [-0.4, -0.2) is 9.13 Å². The Morgan fingerprint density at radius 2 is 0.873 bits per heavy atom. The zero-order chi connectivity index (χ0) is 36.0. The van der Waals surface area contributed by atoms with Crippen molar-refractivity contribution < 1.29 is 0 Å². The van der Waals surface area contributed by atoms with Gasteiger partial charge in [0.15, 0.2) is 0 Å². The summed E-state index contributed by atoms with van der Waals surface area (Å²) in [6.07, 6.45) is 0. The van der Waals surface area contributed by atoms with Crippen molar-refractivity contribution in [2.24, 2.45) is 0 Å². The van der Waals surface area contributed by atoms with Gasteiger partial charge in [0.05, 0.1) is 22.1 Å². The van der Waals surface area contributed by atoms with Crippen molar-refractivity contribution in [1.29, 1.82) is 0 Å². The molecule has 1 aliphatic carbocycles. The summed E-state index contributed by atoms with van der Waals surface area (Å²) in [6.45, 7) is 0. The van der Waals surface area contributed by atoms with Gasteiger partial charge in [-0.1, -0.05) is 140 Å². The Morgan fingerprint density at radius 3 is 1.65 bits per heavy atom. The van der Waals surface area contributed by atoms with Crippen LogP contribution in [0.2, 0.25) is 0 Å². The van der Waals surface area contributed by atoms with Crippen LogP contribution in [0.1, 0.15) is 22.6 Å². The van der Waals surface area contributed by atoms with E-state index in [2.05, 4.69) is 209 Å². The van der Waals surface area contributed by atoms with Gasteiger partial charge in [0.2, 0.25) is 0 Å². The molecule has 0 saturated carbocycles. The zero-order valence-corrected chi connectivity index (χ0v) is 30.0. The summed E-state index contributed by atoms with van der Waals surface area (Å²) in [5.41, 5.74) is 16.4. The monoisotopic (exact) mass is 698 g/mol. The first-order chi connectivity index (χ1) is 27.3. The van der Waals surface area contributed by atoms with Gasteiger partial charge in [-0.05, 0) is 110 Å². The van der Waals surface area contributed by atoms with Crippen LogP contribution in [0.5, 0.6) is 0 Å². The fraction of sp³-hybridized carbons (Fsp3) is 0.0189. The lowest BCUT2D eigenvalue weighted by Gasteiger charge is -2.16. The highest BCUT2D eigenvalue weighted by atomic mass is 15.0. The maximum atomic E-state index is 2.44. The molecular formula is C53H34N2. The zero-order valence-electron chi connectivity index (χ0n) is 30.0. The number of nitrogens with zero attached hydrogens (tertiary/aromatic N) is 2. The van der Waals surface area contributed by atoms with Crippen LogP contribution in [0.3, 0.4) is 0 Å². The van der Waals surface area contributed by atoms with E-state index in [1.807, 2.05) is 0 Å². The maximum Gasteiger partial charge on any atom is 0.0548 e. The predicted molar refractivity (Wildman–Crippen MR) is 231 cm³/mol. The Labute approximate surface area is 318 Å². The second-order valence-electron chi connectivity index (χ2n) is 14.9. The summed E-state index contributed by atoms with van der Waals surface area (Å²) in [4.78, 5) is 0. The smallest absolute Gasteiger partial charge is 0.0548 e. The molecule has 1 aliphatic rings. The van der Waals surface area contributed by atoms with E-state index in [1.165, 1.54) is 99.0 Å². The van der Waals surface area contributed by atoms with Gasteiger partial charge in [0.25, 0.3) is 0 Å². The topological polar surface area (TPSA) is 9.86 Å². The van der Waals surface area contributed by atoms with E-state index in [1.54, 1.807) is 0 Å². The van der Waals surface area contributed by atoms with Gasteiger partial charge in [-0.2, -0.15) is 0 Å². The quantitative estimate of drug-likeness (QED) is 0.173. The van der Waals surface area contributed by atoms with Crippen molar-refractivity contribution in [1.82, 2.24) is 9.13 Å². The van der Waals surface area contributed by atoms with Crippen molar-refractivity contribution in [3.05, 3.63) is 217 Å². The van der Waals surface area contributed by atoms with Crippen molar-refractivity contribution in [2.45, 2.75) is 5.92 Å². The second kappa shape index (κ2) is 11.7. The Balaban J connectivity index is 1.08. The lowest BCUT2D eigenvalue weighted by Crippen LogP contribution is -1.99. The van der Waals surface area contributed by atoms with E-state index in [4.69, 9.17) is 0 Å². The lowest BCUT2D eigenvalue weighted by atomic mass is 9.87. The average Bonchev–Trinajstić information content (AvgIpc) is 3.88. The molecule has 0 radical (unpaired) electrons. The first-order valence-electron chi connectivity index (χ1n) is 19.1. The van der Waals surface area contributed by atoms with E-state index in [0.29, 0.717) is 0 Å². The summed E-state index contributed by atoms with van der Waals surface area (Å²) in [5, 5.41) is 7.57. The Kier molecular flexibility index (Phi) is 6.43. The molecule has 0 spiro atoms. The van der Waals surface area contributed by atoms with Crippen molar-refractivity contribution >= 4 is 54.4 Å². The maximum absolute atomic E-state index is 2.44. The molecule has 2 heteroatoms. The van der Waals surface area contributed by atoms with Crippen LogP contribution in [0.15, 0.2) is 200 Å². The van der Waals surface area contributed by atoms with Crippen LogP contribution in [0, 0.1) is 0 Å². The number of aromatic nitrogens is 2. The van der Waals surface area contributed by atoms with E-state index >= 15 is 0 Å². The summed E-state index contributed by atoms with van der Waals surface area (Å²) >= 11 is 0. The number of hydrogen-bond acceptors (Lipinski definition) is 0. The molecule has 2 nitrogen and oxygen atoms in total. The molecule has 11 aromatic rings. The highest BCUT2D eigenvalue weighted by Crippen LogP contribution is 2.50. The van der Waals surface area contributed by atoms with Gasteiger partial charge in [-0.25, -0.2) is 0 Å². The summed E-state index contributed by atoms with van der Waals surface area (Å²) in [5.74, 6) is 0.204. The van der Waals surface area contributed by atoms with Crippen LogP contribution >= 0.6 is 0 Å². The van der Waals surface area contributed by atoms with Gasteiger partial charge in [0, 0.05) is 38.8 Å². The molecule has 256 valence electrons. The van der Waals surface area contributed by atoms with Crippen molar-refractivity contribution in [3.8, 4) is 33.6 Å². The molecule has 0 amide bonds. The van der Waals surface area contributed by atoms with Gasteiger partial charge in [-0.3, -0.25) is 0 Å². The minimum absolute atomic E-state index is 0.204. The van der Waals surface area contributed by atoms with Crippen LogP contribution in [-0.2, 0) is 0 Å². The van der Waals surface area contributed by atoms with Gasteiger partial charge in [-0.15, -0.1) is 0 Å². The molecule has 0 aliphatic heterocycles. The second-order valence-corrected chi connectivity index (χ2v) is 14.9. The molecule has 0 saturated heterocycles. The molecule has 0 N–H and O–H groups in total. The average molecular weight is 699 g/mol. The summed E-state index contributed by atoms with van der Waals surface area (Å²) < 4.78 is 4.86. The third kappa shape index (κ3) is 4.49. The molecule has 9 aromatic carbocycles. The normalized spacial score (nSPS) is 13.6. The summed E-state index contributed by atoms with van der Waals surface area (Å²) in [6, 6.07) is 74.0. The minimum atomic E-state index is 0.204. The SMILES string of the molecule is c1ccc(-n2c3ccccc3c3cc4c(cc32)c2cc(-c3ccc5c(c3)-c3ccccc3C5c3ccc5ccccc5c3)ccc2n4-c2ccccc2)cc1. The van der Waals surface area contributed by atoms with Crippen molar-refractivity contribution in [3.63, 3.8) is 0 Å². The molecular weight excluding hydrogens is 665 g/mol. The molecule has 2 aromatic heterocycles. The first kappa shape index (κ1) is 30.3. The number of hydrogen-bond donors (Lipinski definition) is 0. The molecule has 0 fully saturated rings. The Bertz CT molecular complexity index is 3310. The van der Waals surface area contributed by atoms with Crippen LogP contribution in [0.25, 0.3) is 88.0 Å². The Hall–Kier alpha value is -7.16. The Morgan fingerprint density at radius 1 is 0.309 bits per heavy atom. The predicted octanol–water partition coefficient (Wildman–Crippen LogP) is 13.9. The highest BCUT2D eigenvalue weighted by molar-refractivity contribution is 6.19.